The molecule has 170 valence electrons. The molecule has 0 fully saturated rings. The Morgan fingerprint density at radius 1 is 0.625 bits per heavy atom. The van der Waals surface area contributed by atoms with Gasteiger partial charge in [0, 0.05) is 24.3 Å². The van der Waals surface area contributed by atoms with Crippen LogP contribution in [0.5, 0.6) is 0 Å². The third kappa shape index (κ3) is 8.53. The molecule has 0 N–H and O–H groups in total. The minimum Gasteiger partial charge on any atom is -1.00 e. The van der Waals surface area contributed by atoms with Crippen LogP contribution in [0.2, 0.25) is 0 Å². The maximum Gasteiger partial charge on any atom is 0.330 e. The first-order valence-corrected chi connectivity index (χ1v) is 13.4. The predicted molar refractivity (Wildman–Crippen MR) is 123 cm³/mol. The number of para-hydroxylation sites is 1. The van der Waals surface area contributed by atoms with E-state index in [-0.39, 0.29) is 4.70 Å². The number of hydrogen-bond acceptors (Lipinski definition) is 0. The van der Waals surface area contributed by atoms with E-state index in [0.717, 1.165) is 0 Å². The van der Waals surface area contributed by atoms with Crippen molar-refractivity contribution in [1.82, 2.24) is 0 Å². The SMILES string of the molecule is FB(F)F.[Cl][Au].[F-].c1ccc(-[n+]2ccccc2[PH+](c2ccccc2)c2ccccc2)cc1. The van der Waals surface area contributed by atoms with Gasteiger partial charge in [0.1, 0.15) is 10.6 Å². The van der Waals surface area contributed by atoms with Crippen LogP contribution in [0.3, 0.4) is 0 Å². The van der Waals surface area contributed by atoms with Crippen molar-refractivity contribution in [3.63, 3.8) is 0 Å². The summed E-state index contributed by atoms with van der Waals surface area (Å²) in [6.45, 7) is 0. The summed E-state index contributed by atoms with van der Waals surface area (Å²) in [5, 5.41) is 2.80. The number of aromatic nitrogens is 1. The third-order valence-corrected chi connectivity index (χ3v) is 7.02. The van der Waals surface area contributed by atoms with Crippen LogP contribution in [0.1, 0.15) is 0 Å². The molecule has 4 aromatic rings. The molecule has 0 saturated carbocycles. The number of rotatable bonds is 4. The van der Waals surface area contributed by atoms with Gasteiger partial charge in [0.15, 0.2) is 14.1 Å². The molecule has 0 aliphatic heterocycles. The van der Waals surface area contributed by atoms with Crippen molar-refractivity contribution < 1.29 is 42.2 Å². The molecule has 1 nitrogen and oxygen atoms in total. The van der Waals surface area contributed by atoms with Crippen LogP contribution in [0.25, 0.3) is 5.69 Å². The normalized spacial score (nSPS) is 9.47. The van der Waals surface area contributed by atoms with Crippen molar-refractivity contribution in [2.75, 3.05) is 0 Å². The summed E-state index contributed by atoms with van der Waals surface area (Å²) in [7, 11) is -0.174. The zero-order chi connectivity index (χ0) is 22.5. The van der Waals surface area contributed by atoms with Gasteiger partial charge < -0.3 is 4.70 Å². The maximum absolute atomic E-state index is 9.67. The first-order chi connectivity index (χ1) is 15.2. The first kappa shape index (κ1) is 28.1. The standard InChI is InChI=1S/C23H19NP.Au.BF3.ClH.FH/c1-4-12-20(13-5-1)24-19-11-10-18-23(24)25(21-14-6-2-7-15-21)22-16-8-3-9-17-22;;2-1(3)4;;/h1-19H;;;2*1H/q2*+1;;;/p-1. The Morgan fingerprint density at radius 3 is 1.44 bits per heavy atom. The second-order valence-electron chi connectivity index (χ2n) is 6.15. The minimum atomic E-state index is -3.67. The summed E-state index contributed by atoms with van der Waals surface area (Å²) < 4.78 is 31.3. The van der Waals surface area contributed by atoms with Crippen LogP contribution in [-0.2, 0) is 20.0 Å². The Bertz CT molecular complexity index is 976. The van der Waals surface area contributed by atoms with Gasteiger partial charge >= 0.3 is 42.2 Å². The van der Waals surface area contributed by atoms with Gasteiger partial charge in [-0.25, -0.2) is 0 Å². The van der Waals surface area contributed by atoms with Crippen LogP contribution in [0.15, 0.2) is 115 Å². The monoisotopic (exact) mass is 660 g/mol. The summed E-state index contributed by atoms with van der Waals surface area (Å²) in [6.07, 6.45) is 2.17. The van der Waals surface area contributed by atoms with Crippen molar-refractivity contribution in [3.8, 4) is 5.69 Å². The zero-order valence-electron chi connectivity index (χ0n) is 16.7. The molecule has 0 bridgehead atoms. The van der Waals surface area contributed by atoms with Crippen LogP contribution in [-0.4, -0.2) is 7.54 Å². The molecule has 3 aromatic carbocycles. The molecule has 0 radical (unpaired) electrons. The van der Waals surface area contributed by atoms with Gasteiger partial charge in [0.05, 0.1) is 0 Å². The van der Waals surface area contributed by atoms with Gasteiger partial charge in [-0.05, 0) is 30.3 Å². The van der Waals surface area contributed by atoms with Gasteiger partial charge in [-0.1, -0.05) is 54.6 Å². The van der Waals surface area contributed by atoms with Crippen LogP contribution >= 0.6 is 17.1 Å². The topological polar surface area (TPSA) is 3.88 Å². The molecular formula is C23H20AuBClF4NP+. The average molecular weight is 661 g/mol. The van der Waals surface area contributed by atoms with E-state index >= 15 is 0 Å². The fourth-order valence-corrected chi connectivity index (χ4v) is 5.82. The Hall–Kier alpha value is -1.94. The van der Waals surface area contributed by atoms with E-state index < -0.39 is 15.5 Å². The zero-order valence-corrected chi connectivity index (χ0v) is 20.6. The molecular weight excluding hydrogens is 640 g/mol. The number of nitrogens with zero attached hydrogens (tertiary/aromatic N) is 1. The van der Waals surface area contributed by atoms with Gasteiger partial charge in [0.2, 0.25) is 5.69 Å². The minimum absolute atomic E-state index is 0. The van der Waals surface area contributed by atoms with Crippen LogP contribution in [0.4, 0.5) is 12.9 Å². The second-order valence-corrected chi connectivity index (χ2v) is 8.56. The largest absolute Gasteiger partial charge is 1.00 e. The molecule has 0 saturated heterocycles. The summed E-state index contributed by atoms with van der Waals surface area (Å²) in [5.74, 6) is 0. The first-order valence-electron chi connectivity index (χ1n) is 9.24. The average Bonchev–Trinajstić information content (AvgIpc) is 2.83. The van der Waals surface area contributed by atoms with Gasteiger partial charge in [-0.3, -0.25) is 12.9 Å². The van der Waals surface area contributed by atoms with Crippen molar-refractivity contribution >= 4 is 40.7 Å². The van der Waals surface area contributed by atoms with E-state index in [2.05, 4.69) is 129 Å². The van der Waals surface area contributed by atoms with E-state index in [4.69, 9.17) is 0 Å². The van der Waals surface area contributed by atoms with E-state index in [1.807, 2.05) is 0 Å². The van der Waals surface area contributed by atoms with Crippen molar-refractivity contribution in [3.05, 3.63) is 115 Å². The van der Waals surface area contributed by atoms with Crippen molar-refractivity contribution in [2.45, 2.75) is 0 Å². The van der Waals surface area contributed by atoms with Gasteiger partial charge in [-0.2, -0.15) is 0 Å². The summed E-state index contributed by atoms with van der Waals surface area (Å²) in [5.41, 5.74) is 2.56. The number of hydrogen-bond donors (Lipinski definition) is 0. The van der Waals surface area contributed by atoms with E-state index in [1.165, 1.54) is 21.7 Å². The number of halogens is 5. The molecule has 4 rings (SSSR count). The van der Waals surface area contributed by atoms with Crippen molar-refractivity contribution in [2.24, 2.45) is 0 Å². The number of benzene rings is 3. The predicted octanol–water partition coefficient (Wildman–Crippen LogP) is 2.02. The van der Waals surface area contributed by atoms with Crippen LogP contribution < -0.4 is 25.3 Å². The quantitative estimate of drug-likeness (QED) is 0.137. The fraction of sp³-hybridized carbons (Fsp3) is 0. The Balaban J connectivity index is 0.000000662. The van der Waals surface area contributed by atoms with E-state index in [9.17, 15) is 12.9 Å². The molecule has 32 heavy (non-hydrogen) atoms. The molecule has 0 unspecified atom stereocenters. The molecule has 1 heterocycles. The smallest absolute Gasteiger partial charge is 0.330 e. The maximum atomic E-state index is 9.67. The number of pyridine rings is 1. The summed E-state index contributed by atoms with van der Waals surface area (Å²) in [6, 6.07) is 38.8. The Morgan fingerprint density at radius 2 is 1.00 bits per heavy atom. The Labute approximate surface area is 203 Å². The molecule has 0 atom stereocenters. The van der Waals surface area contributed by atoms with Gasteiger partial charge in [0.25, 0.3) is 0 Å². The summed E-state index contributed by atoms with van der Waals surface area (Å²) >= 11 is 1.75. The Kier molecular flexibility index (Phi) is 13.9. The van der Waals surface area contributed by atoms with Crippen molar-refractivity contribution in [1.29, 1.82) is 0 Å². The van der Waals surface area contributed by atoms with E-state index in [1.54, 1.807) is 20.0 Å². The molecule has 0 spiro atoms. The molecule has 9 heteroatoms. The van der Waals surface area contributed by atoms with Crippen LogP contribution in [0, 0.1) is 0 Å². The molecule has 1 aromatic heterocycles. The van der Waals surface area contributed by atoms with Gasteiger partial charge in [-0.15, -0.1) is 4.57 Å². The van der Waals surface area contributed by atoms with E-state index in [0.29, 0.717) is 0 Å². The molecule has 0 aliphatic carbocycles. The third-order valence-electron chi connectivity index (χ3n) is 4.28. The second kappa shape index (κ2) is 15.8. The summed E-state index contributed by atoms with van der Waals surface area (Å²) in [4.78, 5) is 0. The fourth-order valence-electron chi connectivity index (χ4n) is 3.13. The molecule has 0 amide bonds. The molecule has 0 aliphatic rings.